The third kappa shape index (κ3) is 4.82. The zero-order chi connectivity index (χ0) is 25.2. The summed E-state index contributed by atoms with van der Waals surface area (Å²) in [6, 6.07) is 13.5. The fourth-order valence-electron chi connectivity index (χ4n) is 4.28. The molecule has 2 aromatic carbocycles. The highest BCUT2D eigenvalue weighted by molar-refractivity contribution is 5.95. The highest BCUT2D eigenvalue weighted by atomic mass is 19.1. The minimum atomic E-state index is -0.597. The van der Waals surface area contributed by atoms with Gasteiger partial charge in [0.15, 0.2) is 5.76 Å². The number of rotatable bonds is 5. The van der Waals surface area contributed by atoms with E-state index in [1.807, 2.05) is 18.2 Å². The largest absolute Gasteiger partial charge is 0.451 e. The van der Waals surface area contributed by atoms with Crippen molar-refractivity contribution in [2.24, 2.45) is 0 Å². The molecule has 1 aromatic heterocycles. The quantitative estimate of drug-likeness (QED) is 0.579. The molecule has 2 fully saturated rings. The third-order valence-corrected chi connectivity index (χ3v) is 6.08. The predicted octanol–water partition coefficient (Wildman–Crippen LogP) is 2.93. The standard InChI is InChI=1S/C25H25FN4O6/c1-16(31)27-14-19-15-29(25(33)35-19)18-6-7-21(20(26)13-18)28-8-9-30(34-11-10-28)24(32)23-12-17-4-2-3-5-22(17)36-23/h2-7,12-13,19H,8-11,14-15H2,1H3,(H,27,31)/t19-/m0/s1. The number of hydroxylamine groups is 2. The van der Waals surface area contributed by atoms with Crippen LogP contribution in [0.4, 0.5) is 20.6 Å². The summed E-state index contributed by atoms with van der Waals surface area (Å²) in [7, 11) is 0. The lowest BCUT2D eigenvalue weighted by Crippen LogP contribution is -2.34. The molecule has 5 rings (SSSR count). The zero-order valence-corrected chi connectivity index (χ0v) is 19.6. The number of anilines is 2. The van der Waals surface area contributed by atoms with E-state index in [0.29, 0.717) is 30.0 Å². The molecule has 0 saturated carbocycles. The molecule has 0 unspecified atom stereocenters. The average molecular weight is 496 g/mol. The van der Waals surface area contributed by atoms with E-state index < -0.39 is 23.9 Å². The molecule has 3 aromatic rings. The summed E-state index contributed by atoms with van der Waals surface area (Å²) in [5.41, 5.74) is 1.31. The normalized spacial score (nSPS) is 18.3. The van der Waals surface area contributed by atoms with Crippen LogP contribution >= 0.6 is 0 Å². The summed E-state index contributed by atoms with van der Waals surface area (Å²) in [6.45, 7) is 2.86. The van der Waals surface area contributed by atoms with Gasteiger partial charge in [-0.1, -0.05) is 18.2 Å². The Bertz CT molecular complexity index is 1280. The van der Waals surface area contributed by atoms with Crippen molar-refractivity contribution in [3.05, 3.63) is 60.1 Å². The van der Waals surface area contributed by atoms with Crippen LogP contribution in [0.15, 0.2) is 52.9 Å². The number of carbonyl (C=O) groups excluding carboxylic acids is 3. The Hall–Kier alpha value is -4.12. The number of halogens is 1. The van der Waals surface area contributed by atoms with E-state index in [4.69, 9.17) is 14.0 Å². The molecule has 36 heavy (non-hydrogen) atoms. The van der Waals surface area contributed by atoms with Crippen LogP contribution in [0.25, 0.3) is 11.0 Å². The number of hydrogen-bond donors (Lipinski definition) is 1. The van der Waals surface area contributed by atoms with E-state index in [0.717, 1.165) is 5.39 Å². The molecule has 2 aliphatic rings. The number of furan rings is 1. The Morgan fingerprint density at radius 1 is 1.11 bits per heavy atom. The molecular formula is C25H25FN4O6. The van der Waals surface area contributed by atoms with Crippen LogP contribution in [0, 0.1) is 5.82 Å². The maximum atomic E-state index is 15.1. The van der Waals surface area contributed by atoms with Gasteiger partial charge in [0.1, 0.15) is 17.5 Å². The fraction of sp³-hybridized carbons (Fsp3) is 0.320. The summed E-state index contributed by atoms with van der Waals surface area (Å²) in [5.74, 6) is -0.957. The maximum absolute atomic E-state index is 15.1. The van der Waals surface area contributed by atoms with Gasteiger partial charge < -0.3 is 19.4 Å². The van der Waals surface area contributed by atoms with Gasteiger partial charge in [0, 0.05) is 25.4 Å². The number of para-hydroxylation sites is 1. The molecule has 0 bridgehead atoms. The molecule has 0 spiro atoms. The van der Waals surface area contributed by atoms with E-state index in [2.05, 4.69) is 5.32 Å². The molecule has 2 saturated heterocycles. The Kier molecular flexibility index (Phi) is 6.47. The first-order chi connectivity index (χ1) is 17.4. The van der Waals surface area contributed by atoms with Crippen LogP contribution in [-0.4, -0.2) is 68.4 Å². The summed E-state index contributed by atoms with van der Waals surface area (Å²) in [5, 5.41) is 4.67. The molecular weight excluding hydrogens is 471 g/mol. The van der Waals surface area contributed by atoms with E-state index in [9.17, 15) is 14.4 Å². The van der Waals surface area contributed by atoms with Crippen molar-refractivity contribution >= 4 is 40.3 Å². The summed E-state index contributed by atoms with van der Waals surface area (Å²) >= 11 is 0. The number of cyclic esters (lactones) is 1. The van der Waals surface area contributed by atoms with Gasteiger partial charge >= 0.3 is 12.0 Å². The van der Waals surface area contributed by atoms with Gasteiger partial charge in [-0.15, -0.1) is 0 Å². The Labute approximate surface area is 206 Å². The van der Waals surface area contributed by atoms with Crippen molar-refractivity contribution in [2.75, 3.05) is 49.1 Å². The molecule has 0 aliphatic carbocycles. The lowest BCUT2D eigenvalue weighted by atomic mass is 10.2. The van der Waals surface area contributed by atoms with Gasteiger partial charge in [-0.05, 0) is 30.3 Å². The summed E-state index contributed by atoms with van der Waals surface area (Å²) in [6.07, 6.45) is -1.11. The first-order valence-electron chi connectivity index (χ1n) is 11.6. The second-order valence-corrected chi connectivity index (χ2v) is 8.57. The molecule has 1 N–H and O–H groups in total. The lowest BCUT2D eigenvalue weighted by Gasteiger charge is -2.23. The van der Waals surface area contributed by atoms with Gasteiger partial charge in [-0.25, -0.2) is 14.2 Å². The predicted molar refractivity (Wildman–Crippen MR) is 128 cm³/mol. The Morgan fingerprint density at radius 3 is 2.72 bits per heavy atom. The number of carbonyl (C=O) groups is 3. The van der Waals surface area contributed by atoms with Crippen LogP contribution in [-0.2, 0) is 14.4 Å². The number of nitrogens with one attached hydrogen (secondary N) is 1. The maximum Gasteiger partial charge on any atom is 0.414 e. The number of nitrogens with zero attached hydrogens (tertiary/aromatic N) is 3. The van der Waals surface area contributed by atoms with Crippen LogP contribution in [0.3, 0.4) is 0 Å². The smallest absolute Gasteiger partial charge is 0.414 e. The molecule has 1 atom stereocenters. The first kappa shape index (κ1) is 23.6. The first-order valence-corrected chi connectivity index (χ1v) is 11.6. The average Bonchev–Trinajstić information content (AvgIpc) is 3.37. The Morgan fingerprint density at radius 2 is 1.94 bits per heavy atom. The Balaban J connectivity index is 1.24. The lowest BCUT2D eigenvalue weighted by molar-refractivity contribution is -0.119. The van der Waals surface area contributed by atoms with Crippen molar-refractivity contribution in [3.8, 4) is 0 Å². The summed E-state index contributed by atoms with van der Waals surface area (Å²) in [4.78, 5) is 45.0. The third-order valence-electron chi connectivity index (χ3n) is 6.08. The van der Waals surface area contributed by atoms with Gasteiger partial charge in [0.05, 0.1) is 37.6 Å². The van der Waals surface area contributed by atoms with Gasteiger partial charge in [0.2, 0.25) is 5.91 Å². The van der Waals surface area contributed by atoms with Crippen LogP contribution < -0.4 is 15.1 Å². The van der Waals surface area contributed by atoms with E-state index in [1.165, 1.54) is 23.0 Å². The number of hydrogen-bond acceptors (Lipinski definition) is 7. The van der Waals surface area contributed by atoms with Crippen molar-refractivity contribution in [3.63, 3.8) is 0 Å². The number of benzene rings is 2. The highest BCUT2D eigenvalue weighted by Gasteiger charge is 2.33. The number of ether oxygens (including phenoxy) is 1. The number of amides is 3. The van der Waals surface area contributed by atoms with Crippen LogP contribution in [0.5, 0.6) is 0 Å². The summed E-state index contributed by atoms with van der Waals surface area (Å²) < 4.78 is 26.0. The van der Waals surface area contributed by atoms with Crippen molar-refractivity contribution in [2.45, 2.75) is 13.0 Å². The van der Waals surface area contributed by atoms with Gasteiger partial charge in [-0.3, -0.25) is 19.3 Å². The van der Waals surface area contributed by atoms with E-state index in [-0.39, 0.29) is 37.9 Å². The van der Waals surface area contributed by atoms with Crippen molar-refractivity contribution in [1.29, 1.82) is 0 Å². The molecule has 11 heteroatoms. The van der Waals surface area contributed by atoms with Gasteiger partial charge in [-0.2, -0.15) is 0 Å². The highest BCUT2D eigenvalue weighted by Crippen LogP contribution is 2.29. The van der Waals surface area contributed by atoms with Crippen LogP contribution in [0.1, 0.15) is 17.5 Å². The van der Waals surface area contributed by atoms with Crippen LogP contribution in [0.2, 0.25) is 0 Å². The molecule has 3 amide bonds. The molecule has 10 nitrogen and oxygen atoms in total. The zero-order valence-electron chi connectivity index (χ0n) is 19.6. The SMILES string of the molecule is CC(=O)NC[C@H]1CN(c2ccc(N3CCON(C(=O)c4cc5ccccc5o4)CC3)c(F)c2)C(=O)O1. The van der Waals surface area contributed by atoms with E-state index in [1.54, 1.807) is 29.2 Å². The topological polar surface area (TPSA) is 105 Å². The second kappa shape index (κ2) is 9.86. The van der Waals surface area contributed by atoms with Gasteiger partial charge in [0.25, 0.3) is 0 Å². The van der Waals surface area contributed by atoms with E-state index >= 15 is 4.39 Å². The van der Waals surface area contributed by atoms with Crippen molar-refractivity contribution < 1.29 is 32.8 Å². The van der Waals surface area contributed by atoms with Crippen molar-refractivity contribution in [1.82, 2.24) is 10.4 Å². The minimum Gasteiger partial charge on any atom is -0.451 e. The monoisotopic (exact) mass is 496 g/mol. The molecule has 3 heterocycles. The molecule has 188 valence electrons. The molecule has 0 radical (unpaired) electrons. The molecule has 2 aliphatic heterocycles. The minimum absolute atomic E-state index is 0.175. The second-order valence-electron chi connectivity index (χ2n) is 8.57. The number of fused-ring (bicyclic) bond motifs is 1. The fourth-order valence-corrected chi connectivity index (χ4v) is 4.28.